The second-order valence-corrected chi connectivity index (χ2v) is 6.17. The molecule has 1 N–H and O–H groups in total. The largest absolute Gasteiger partial charge is 0.450 e. The van der Waals surface area contributed by atoms with Crippen molar-refractivity contribution in [1.29, 1.82) is 0 Å². The number of nitrogens with one attached hydrogen (secondary N) is 1. The number of hydrogen-bond acceptors (Lipinski definition) is 2. The summed E-state index contributed by atoms with van der Waals surface area (Å²) in [5, 5.41) is 2.86. The van der Waals surface area contributed by atoms with E-state index in [9.17, 15) is 4.79 Å². The molecule has 2 atom stereocenters. The molecule has 0 spiro atoms. The van der Waals surface area contributed by atoms with Crippen LogP contribution < -0.4 is 5.32 Å². The number of carbonyl (C=O) groups is 1. The summed E-state index contributed by atoms with van der Waals surface area (Å²) in [6.45, 7) is 8.87. The number of allylic oxidation sites excluding steroid dienone is 2. The van der Waals surface area contributed by atoms with Crippen molar-refractivity contribution in [2.45, 2.75) is 53.0 Å². The Morgan fingerprint density at radius 1 is 1.18 bits per heavy atom. The average molecular weight is 303 g/mol. The van der Waals surface area contributed by atoms with Crippen LogP contribution in [0.3, 0.4) is 0 Å². The van der Waals surface area contributed by atoms with Crippen LogP contribution in [-0.2, 0) is 4.74 Å². The predicted molar refractivity (Wildman–Crippen MR) is 91.8 cm³/mol. The van der Waals surface area contributed by atoms with E-state index in [-0.39, 0.29) is 12.1 Å². The van der Waals surface area contributed by atoms with Crippen molar-refractivity contribution in [3.63, 3.8) is 0 Å². The van der Waals surface area contributed by atoms with Gasteiger partial charge in [-0.05, 0) is 51.5 Å². The maximum atomic E-state index is 11.8. The highest BCUT2D eigenvalue weighted by Gasteiger charge is 2.10. The van der Waals surface area contributed by atoms with Gasteiger partial charge in [0.05, 0.1) is 12.6 Å². The molecular weight excluding hydrogens is 274 g/mol. The van der Waals surface area contributed by atoms with Gasteiger partial charge in [0, 0.05) is 0 Å². The standard InChI is InChI=1S/C19H29NO2/c1-15(2)9-8-10-16(3)13-14-22-19(21)20-17(4)18-11-6-5-7-12-18/h5-7,9,11-12,16-17H,8,10,13-14H2,1-4H3,(H,20,21)/t16-,17-/m0/s1. The minimum Gasteiger partial charge on any atom is -0.450 e. The Balaban J connectivity index is 2.19. The lowest BCUT2D eigenvalue weighted by atomic mass is 10.0. The van der Waals surface area contributed by atoms with Crippen LogP contribution in [0, 0.1) is 5.92 Å². The molecule has 0 radical (unpaired) electrons. The van der Waals surface area contributed by atoms with Crippen molar-refractivity contribution < 1.29 is 9.53 Å². The van der Waals surface area contributed by atoms with Crippen LogP contribution in [-0.4, -0.2) is 12.7 Å². The third-order valence-electron chi connectivity index (χ3n) is 3.69. The third-order valence-corrected chi connectivity index (χ3v) is 3.69. The first-order chi connectivity index (χ1) is 10.5. The number of hydrogen-bond donors (Lipinski definition) is 1. The quantitative estimate of drug-likeness (QED) is 0.666. The van der Waals surface area contributed by atoms with E-state index in [0.29, 0.717) is 12.5 Å². The Hall–Kier alpha value is -1.77. The van der Waals surface area contributed by atoms with Crippen LogP contribution in [0.2, 0.25) is 0 Å². The molecule has 1 rings (SSSR count). The summed E-state index contributed by atoms with van der Waals surface area (Å²) in [5.41, 5.74) is 2.44. The molecule has 0 aliphatic rings. The van der Waals surface area contributed by atoms with E-state index in [1.807, 2.05) is 37.3 Å². The Bertz CT molecular complexity index is 464. The molecule has 0 aliphatic heterocycles. The Morgan fingerprint density at radius 3 is 2.50 bits per heavy atom. The fourth-order valence-corrected chi connectivity index (χ4v) is 2.20. The monoisotopic (exact) mass is 303 g/mol. The molecule has 0 unspecified atom stereocenters. The summed E-state index contributed by atoms with van der Waals surface area (Å²) < 4.78 is 5.27. The number of ether oxygens (including phenoxy) is 1. The molecule has 0 saturated carbocycles. The fraction of sp³-hybridized carbons (Fsp3) is 0.526. The van der Waals surface area contributed by atoms with Gasteiger partial charge in [-0.15, -0.1) is 0 Å². The van der Waals surface area contributed by atoms with Crippen LogP contribution in [0.25, 0.3) is 0 Å². The highest BCUT2D eigenvalue weighted by atomic mass is 16.5. The average Bonchev–Trinajstić information content (AvgIpc) is 2.47. The van der Waals surface area contributed by atoms with Gasteiger partial charge in [-0.25, -0.2) is 4.79 Å². The van der Waals surface area contributed by atoms with Crippen LogP contribution >= 0.6 is 0 Å². The molecule has 3 heteroatoms. The zero-order valence-electron chi connectivity index (χ0n) is 14.3. The predicted octanol–water partition coefficient (Wildman–Crippen LogP) is 5.25. The number of carbonyl (C=O) groups excluding carboxylic acids is 1. The first kappa shape index (κ1) is 18.3. The van der Waals surface area contributed by atoms with E-state index in [1.165, 1.54) is 5.57 Å². The summed E-state index contributed by atoms with van der Waals surface area (Å²) in [6.07, 6.45) is 5.06. The lowest BCUT2D eigenvalue weighted by Gasteiger charge is -2.15. The topological polar surface area (TPSA) is 38.3 Å². The van der Waals surface area contributed by atoms with Crippen LogP contribution in [0.4, 0.5) is 4.79 Å². The van der Waals surface area contributed by atoms with E-state index in [4.69, 9.17) is 4.74 Å². The first-order valence-electron chi connectivity index (χ1n) is 8.10. The Morgan fingerprint density at radius 2 is 1.86 bits per heavy atom. The molecule has 122 valence electrons. The SMILES string of the molecule is CC(C)=CCC[C@H](C)CCOC(=O)N[C@@H](C)c1ccccc1. The highest BCUT2D eigenvalue weighted by molar-refractivity contribution is 5.67. The maximum absolute atomic E-state index is 11.8. The molecule has 3 nitrogen and oxygen atoms in total. The first-order valence-corrected chi connectivity index (χ1v) is 8.10. The molecule has 0 saturated heterocycles. The minimum atomic E-state index is -0.340. The van der Waals surface area contributed by atoms with E-state index in [0.717, 1.165) is 24.8 Å². The van der Waals surface area contributed by atoms with Gasteiger partial charge in [0.25, 0.3) is 0 Å². The summed E-state index contributed by atoms with van der Waals surface area (Å²) in [6, 6.07) is 9.85. The van der Waals surface area contributed by atoms with E-state index in [2.05, 4.69) is 32.2 Å². The van der Waals surface area contributed by atoms with Crippen molar-refractivity contribution in [3.8, 4) is 0 Å². The van der Waals surface area contributed by atoms with E-state index in [1.54, 1.807) is 0 Å². The molecule has 1 aromatic rings. The summed E-state index contributed by atoms with van der Waals surface area (Å²) >= 11 is 0. The molecule has 0 aliphatic carbocycles. The molecular formula is C19H29NO2. The maximum Gasteiger partial charge on any atom is 0.407 e. The van der Waals surface area contributed by atoms with Crippen LogP contribution in [0.5, 0.6) is 0 Å². The fourth-order valence-electron chi connectivity index (χ4n) is 2.20. The van der Waals surface area contributed by atoms with Crippen molar-refractivity contribution in [2.24, 2.45) is 5.92 Å². The smallest absolute Gasteiger partial charge is 0.407 e. The van der Waals surface area contributed by atoms with Gasteiger partial charge < -0.3 is 10.1 Å². The Kier molecular flexibility index (Phi) is 8.34. The number of alkyl carbamates (subject to hydrolysis) is 1. The van der Waals surface area contributed by atoms with Gasteiger partial charge in [-0.2, -0.15) is 0 Å². The van der Waals surface area contributed by atoms with E-state index >= 15 is 0 Å². The van der Waals surface area contributed by atoms with E-state index < -0.39 is 0 Å². The van der Waals surface area contributed by atoms with Crippen LogP contribution in [0.15, 0.2) is 42.0 Å². The van der Waals surface area contributed by atoms with Gasteiger partial charge in [-0.1, -0.05) is 48.9 Å². The number of rotatable bonds is 8. The molecule has 0 fully saturated rings. The molecule has 22 heavy (non-hydrogen) atoms. The zero-order chi connectivity index (χ0) is 16.4. The number of amides is 1. The summed E-state index contributed by atoms with van der Waals surface area (Å²) in [5.74, 6) is 0.565. The molecule has 1 aromatic carbocycles. The van der Waals surface area contributed by atoms with Gasteiger partial charge in [0.15, 0.2) is 0 Å². The summed E-state index contributed by atoms with van der Waals surface area (Å²) in [7, 11) is 0. The molecule has 0 bridgehead atoms. The zero-order valence-corrected chi connectivity index (χ0v) is 14.3. The highest BCUT2D eigenvalue weighted by Crippen LogP contribution is 2.13. The molecule has 0 heterocycles. The van der Waals surface area contributed by atoms with Gasteiger partial charge in [-0.3, -0.25) is 0 Å². The van der Waals surface area contributed by atoms with Crippen molar-refractivity contribution in [3.05, 3.63) is 47.5 Å². The van der Waals surface area contributed by atoms with Gasteiger partial charge in [0.2, 0.25) is 0 Å². The lowest BCUT2D eigenvalue weighted by molar-refractivity contribution is 0.136. The Labute approximate surface area is 134 Å². The lowest BCUT2D eigenvalue weighted by Crippen LogP contribution is -2.27. The summed E-state index contributed by atoms with van der Waals surface area (Å²) in [4.78, 5) is 11.8. The normalized spacial score (nSPS) is 13.1. The molecule has 0 aromatic heterocycles. The van der Waals surface area contributed by atoms with Crippen LogP contribution in [0.1, 0.15) is 58.6 Å². The van der Waals surface area contributed by atoms with Gasteiger partial charge in [0.1, 0.15) is 0 Å². The minimum absolute atomic E-state index is 0.0382. The second-order valence-electron chi connectivity index (χ2n) is 6.17. The third kappa shape index (κ3) is 7.87. The van der Waals surface area contributed by atoms with Crippen molar-refractivity contribution in [1.82, 2.24) is 5.32 Å². The number of benzene rings is 1. The van der Waals surface area contributed by atoms with Crippen molar-refractivity contribution >= 4 is 6.09 Å². The van der Waals surface area contributed by atoms with Gasteiger partial charge >= 0.3 is 6.09 Å². The van der Waals surface area contributed by atoms with Crippen molar-refractivity contribution in [2.75, 3.05) is 6.61 Å². The molecule has 1 amide bonds. The second kappa shape index (κ2) is 10.0.